The molecule has 5 nitrogen and oxygen atoms in total. The zero-order chi connectivity index (χ0) is 28.6. The highest BCUT2D eigenvalue weighted by Gasteiger charge is 2.84. The summed E-state index contributed by atoms with van der Waals surface area (Å²) in [7, 11) is 3.35. The van der Waals surface area contributed by atoms with E-state index in [0.29, 0.717) is 24.2 Å². The average Bonchev–Trinajstić information content (AvgIpc) is 3.70. The van der Waals surface area contributed by atoms with Crippen LogP contribution in [0.5, 0.6) is 11.5 Å². The topological polar surface area (TPSA) is 48.0 Å². The third-order valence-electron chi connectivity index (χ3n) is 12.2. The number of hydrogen-bond acceptors (Lipinski definition) is 5. The second-order valence-electron chi connectivity index (χ2n) is 13.7. The number of alkyl halides is 3. The van der Waals surface area contributed by atoms with E-state index in [0.717, 1.165) is 56.2 Å². The summed E-state index contributed by atoms with van der Waals surface area (Å²) >= 11 is 0. The van der Waals surface area contributed by atoms with Crippen molar-refractivity contribution in [3.05, 3.63) is 58.7 Å². The number of likely N-dealkylation sites (tertiary alicyclic amines) is 1. The second kappa shape index (κ2) is 8.07. The number of ketones is 1. The number of rotatable bonds is 6. The van der Waals surface area contributed by atoms with Crippen molar-refractivity contribution >= 4 is 5.78 Å². The summed E-state index contributed by atoms with van der Waals surface area (Å²) in [6.07, 6.45) is 1.77. The van der Waals surface area contributed by atoms with E-state index >= 15 is 0 Å². The van der Waals surface area contributed by atoms with Crippen LogP contribution in [0.15, 0.2) is 36.4 Å². The summed E-state index contributed by atoms with van der Waals surface area (Å²) in [4.78, 5) is 17.3. The van der Waals surface area contributed by atoms with E-state index in [-0.39, 0.29) is 28.8 Å². The average molecular weight is 568 g/mol. The van der Waals surface area contributed by atoms with E-state index in [4.69, 9.17) is 14.2 Å². The van der Waals surface area contributed by atoms with Gasteiger partial charge in [-0.2, -0.15) is 13.2 Å². The van der Waals surface area contributed by atoms with Crippen LogP contribution in [0.4, 0.5) is 13.2 Å². The lowest BCUT2D eigenvalue weighted by Crippen LogP contribution is -2.84. The maximum absolute atomic E-state index is 14.6. The Bertz CT molecular complexity index is 1450. The molecule has 2 aromatic carbocycles. The molecule has 4 saturated carbocycles. The van der Waals surface area contributed by atoms with Crippen molar-refractivity contribution in [1.82, 2.24) is 4.90 Å². The summed E-state index contributed by atoms with van der Waals surface area (Å²) in [5.41, 5.74) is -0.328. The van der Waals surface area contributed by atoms with Crippen LogP contribution >= 0.6 is 0 Å². The van der Waals surface area contributed by atoms with Gasteiger partial charge in [0.05, 0.1) is 18.1 Å². The monoisotopic (exact) mass is 567 g/mol. The van der Waals surface area contributed by atoms with Crippen LogP contribution < -0.4 is 9.47 Å². The number of nitrogens with zero attached hydrogens (tertiary/aromatic N) is 1. The van der Waals surface area contributed by atoms with Gasteiger partial charge in [0.25, 0.3) is 0 Å². The van der Waals surface area contributed by atoms with Gasteiger partial charge in [0.2, 0.25) is 0 Å². The van der Waals surface area contributed by atoms with Crippen molar-refractivity contribution in [1.29, 1.82) is 0 Å². The lowest BCUT2D eigenvalue weighted by molar-refractivity contribution is -0.292. The largest absolute Gasteiger partial charge is 0.493 e. The molecule has 8 heteroatoms. The first-order valence-corrected chi connectivity index (χ1v) is 14.9. The fourth-order valence-electron chi connectivity index (χ4n) is 10.4. The highest BCUT2D eigenvalue weighted by Crippen LogP contribution is 2.79. The normalized spacial score (nSPS) is 38.4. The Morgan fingerprint density at radius 1 is 1.07 bits per heavy atom. The van der Waals surface area contributed by atoms with Gasteiger partial charge in [-0.25, -0.2) is 0 Å². The van der Waals surface area contributed by atoms with Gasteiger partial charge in [-0.05, 0) is 88.1 Å². The Labute approximate surface area is 238 Å². The number of carbonyl (C=O) groups excluding carboxylic acids is 1. The number of Topliss-reactive ketones (excluding diaryl/α,β-unsaturated/α-hetero) is 1. The number of halogens is 3. The van der Waals surface area contributed by atoms with E-state index < -0.39 is 22.8 Å². The van der Waals surface area contributed by atoms with E-state index in [1.807, 2.05) is 13.0 Å². The van der Waals surface area contributed by atoms with Crippen molar-refractivity contribution < 1.29 is 32.2 Å². The number of piperidine rings is 1. The number of methoxy groups -OCH3 is 2. The number of benzene rings is 2. The molecule has 6 atom stereocenters. The first-order chi connectivity index (χ1) is 19.5. The summed E-state index contributed by atoms with van der Waals surface area (Å²) in [6.45, 7) is 4.07. The maximum Gasteiger partial charge on any atom is 0.416 e. The summed E-state index contributed by atoms with van der Waals surface area (Å²) < 4.78 is 59.5. The van der Waals surface area contributed by atoms with Gasteiger partial charge in [-0.3, -0.25) is 9.69 Å². The summed E-state index contributed by atoms with van der Waals surface area (Å²) in [6, 6.07) is 9.19. The standard InChI is InChI=1S/C33H36F3NO4/c1-29(27(38)20-6-9-22(10-7-20)33(34,35)36)18-30-12-13-32(29,40-3)28-31(30)14-15-37(17-19-4-5-19)24(30)16-21-8-11-23(39-2)26(41-28)25(21)31/h6-11,19,24,28H,4-5,12-18H2,1-3H3/t24-,28-,29+,30-,31+,32+/m1/s1. The number of ether oxygens (including phenoxy) is 3. The highest BCUT2D eigenvalue weighted by atomic mass is 19.4. The van der Waals surface area contributed by atoms with Crippen molar-refractivity contribution in [3.63, 3.8) is 0 Å². The first-order valence-electron chi connectivity index (χ1n) is 14.9. The molecule has 5 fully saturated rings. The predicted octanol–water partition coefficient (Wildman–Crippen LogP) is 6.21. The van der Waals surface area contributed by atoms with Crippen LogP contribution in [0.1, 0.15) is 72.5 Å². The molecule has 2 heterocycles. The van der Waals surface area contributed by atoms with Gasteiger partial charge >= 0.3 is 6.18 Å². The van der Waals surface area contributed by atoms with Crippen LogP contribution in [-0.2, 0) is 22.7 Å². The summed E-state index contributed by atoms with van der Waals surface area (Å²) in [5, 5.41) is 0. The Morgan fingerprint density at radius 3 is 2.49 bits per heavy atom. The molecule has 41 heavy (non-hydrogen) atoms. The van der Waals surface area contributed by atoms with E-state index in [1.54, 1.807) is 14.2 Å². The Morgan fingerprint density at radius 2 is 1.83 bits per heavy atom. The first kappa shape index (κ1) is 26.1. The fourth-order valence-corrected chi connectivity index (χ4v) is 10.4. The zero-order valence-electron chi connectivity index (χ0n) is 23.8. The minimum Gasteiger partial charge on any atom is -0.493 e. The molecule has 0 aromatic heterocycles. The highest BCUT2D eigenvalue weighted by molar-refractivity contribution is 6.02. The number of carbonyl (C=O) groups is 1. The molecule has 4 bridgehead atoms. The maximum atomic E-state index is 14.6. The minimum atomic E-state index is -4.46. The molecule has 2 spiro atoms. The molecular weight excluding hydrogens is 531 g/mol. The van der Waals surface area contributed by atoms with Gasteiger partial charge in [0.1, 0.15) is 11.7 Å². The van der Waals surface area contributed by atoms with Crippen LogP contribution in [0.25, 0.3) is 0 Å². The molecule has 7 aliphatic rings. The van der Waals surface area contributed by atoms with Crippen molar-refractivity contribution in [2.24, 2.45) is 16.7 Å². The Balaban J connectivity index is 1.31. The van der Waals surface area contributed by atoms with Gasteiger partial charge in [-0.1, -0.05) is 18.2 Å². The van der Waals surface area contributed by atoms with Crippen molar-refractivity contribution in [3.8, 4) is 11.5 Å². The number of fused-ring (bicyclic) bond motifs is 2. The van der Waals surface area contributed by atoms with Crippen molar-refractivity contribution in [2.75, 3.05) is 27.3 Å². The summed E-state index contributed by atoms with van der Waals surface area (Å²) in [5.74, 6) is 2.09. The molecule has 2 aliphatic heterocycles. The third kappa shape index (κ3) is 2.98. The van der Waals surface area contributed by atoms with Crippen LogP contribution in [0, 0.1) is 16.7 Å². The van der Waals surface area contributed by atoms with Crippen LogP contribution in [0.3, 0.4) is 0 Å². The lowest BCUT2D eigenvalue weighted by atomic mass is 9.31. The van der Waals surface area contributed by atoms with Crippen LogP contribution in [0.2, 0.25) is 0 Å². The molecule has 9 rings (SSSR count). The molecule has 0 unspecified atom stereocenters. The van der Waals surface area contributed by atoms with E-state index in [9.17, 15) is 18.0 Å². The second-order valence-corrected chi connectivity index (χ2v) is 13.7. The van der Waals surface area contributed by atoms with E-state index in [2.05, 4.69) is 11.0 Å². The molecule has 0 N–H and O–H groups in total. The molecule has 2 aromatic rings. The van der Waals surface area contributed by atoms with Crippen LogP contribution in [-0.4, -0.2) is 55.7 Å². The molecule has 0 amide bonds. The van der Waals surface area contributed by atoms with E-state index in [1.165, 1.54) is 36.1 Å². The molecule has 218 valence electrons. The minimum absolute atomic E-state index is 0.161. The zero-order valence-corrected chi connectivity index (χ0v) is 23.8. The molecule has 0 radical (unpaired) electrons. The Kier molecular flexibility index (Phi) is 5.13. The number of hydrogen-bond donors (Lipinski definition) is 0. The molecular formula is C33H36F3NO4. The van der Waals surface area contributed by atoms with Gasteiger partial charge in [-0.15, -0.1) is 0 Å². The SMILES string of the molecule is COc1ccc2c3c1O[C@H]1[C@@]4(OC)CC[C@@]5(C[C@@]4(C)C(=O)c4ccc(C(F)(F)F)cc4)[C@@H](C2)N(CC2CC2)CC[C@]315. The van der Waals surface area contributed by atoms with Crippen molar-refractivity contribution in [2.45, 2.75) is 81.2 Å². The Hall–Kier alpha value is -2.58. The lowest BCUT2D eigenvalue weighted by Gasteiger charge is -2.76. The van der Waals surface area contributed by atoms with Gasteiger partial charge in [0, 0.05) is 41.7 Å². The van der Waals surface area contributed by atoms with Gasteiger partial charge < -0.3 is 14.2 Å². The molecule has 1 saturated heterocycles. The third-order valence-corrected chi connectivity index (χ3v) is 12.2. The smallest absolute Gasteiger partial charge is 0.416 e. The quantitative estimate of drug-likeness (QED) is 0.389. The fraction of sp³-hybridized carbons (Fsp3) is 0.606. The van der Waals surface area contributed by atoms with Gasteiger partial charge in [0.15, 0.2) is 17.3 Å². The molecule has 5 aliphatic carbocycles. The predicted molar refractivity (Wildman–Crippen MR) is 145 cm³/mol.